The Balaban J connectivity index is 0.00000225. The second-order valence-electron chi connectivity index (χ2n) is 6.66. The molecule has 4 N–H and O–H groups in total. The van der Waals surface area contributed by atoms with E-state index < -0.39 is 0 Å². The molecule has 1 amide bonds. The zero-order chi connectivity index (χ0) is 19.9. The van der Waals surface area contributed by atoms with Crippen molar-refractivity contribution in [1.82, 2.24) is 15.2 Å². The van der Waals surface area contributed by atoms with Gasteiger partial charge in [-0.2, -0.15) is 5.10 Å². The van der Waals surface area contributed by atoms with Crippen molar-refractivity contribution in [2.24, 2.45) is 5.73 Å². The van der Waals surface area contributed by atoms with E-state index in [1.165, 1.54) is 0 Å². The van der Waals surface area contributed by atoms with E-state index in [-0.39, 0.29) is 30.7 Å². The number of unbranched alkanes of at least 4 members (excludes halogenated alkanes) is 1. The highest BCUT2D eigenvalue weighted by Gasteiger charge is 2.09. The minimum atomic E-state index is -0.140. The molecule has 0 saturated heterocycles. The van der Waals surface area contributed by atoms with E-state index in [2.05, 4.69) is 39.4 Å². The maximum Gasteiger partial charge on any atom is 0.255 e. The summed E-state index contributed by atoms with van der Waals surface area (Å²) in [6.45, 7) is 3.50. The number of aromatic nitrogens is 3. The van der Waals surface area contributed by atoms with Crippen LogP contribution in [0.25, 0.3) is 11.4 Å². The molecule has 1 aromatic heterocycles. The quantitative estimate of drug-likeness (QED) is 0.475. The fourth-order valence-electron chi connectivity index (χ4n) is 2.81. The highest BCUT2D eigenvalue weighted by Crippen LogP contribution is 2.19. The van der Waals surface area contributed by atoms with Crippen LogP contribution in [-0.2, 0) is 6.54 Å². The van der Waals surface area contributed by atoms with Crippen LogP contribution in [0.4, 0.5) is 11.4 Å². The molecule has 0 spiro atoms. The summed E-state index contributed by atoms with van der Waals surface area (Å²) < 4.78 is 0. The van der Waals surface area contributed by atoms with E-state index in [4.69, 9.17) is 5.73 Å². The summed E-state index contributed by atoms with van der Waals surface area (Å²) in [5, 5.41) is 9.83. The summed E-state index contributed by atoms with van der Waals surface area (Å²) in [7, 11) is 2.07. The van der Waals surface area contributed by atoms with Gasteiger partial charge in [-0.15, -0.1) is 24.8 Å². The van der Waals surface area contributed by atoms with E-state index in [1.807, 2.05) is 48.5 Å². The Morgan fingerprint density at radius 1 is 1.10 bits per heavy atom. The number of carbonyl (C=O) groups is 1. The number of nitrogens with zero attached hydrogens (tertiary/aromatic N) is 3. The number of H-pyrrole nitrogens is 1. The summed E-state index contributed by atoms with van der Waals surface area (Å²) >= 11 is 0. The lowest BCUT2D eigenvalue weighted by Crippen LogP contribution is -2.18. The van der Waals surface area contributed by atoms with Crippen LogP contribution in [0, 0.1) is 0 Å². The summed E-state index contributed by atoms with van der Waals surface area (Å²) in [5.74, 6) is 1.08. The van der Waals surface area contributed by atoms with Crippen molar-refractivity contribution < 1.29 is 4.79 Å². The second-order valence-corrected chi connectivity index (χ2v) is 6.66. The summed E-state index contributed by atoms with van der Waals surface area (Å²) in [6.07, 6.45) is 2.31. The SMILES string of the molecule is CCCCN(C)c1ccc(C(=O)Nc2ccc(-c3n[nH]c(CN)n3)cc2)cc1.Cl.Cl. The van der Waals surface area contributed by atoms with Crippen molar-refractivity contribution in [3.8, 4) is 11.4 Å². The van der Waals surface area contributed by atoms with E-state index in [0.29, 0.717) is 29.4 Å². The molecule has 1 heterocycles. The largest absolute Gasteiger partial charge is 0.375 e. The van der Waals surface area contributed by atoms with Gasteiger partial charge in [-0.25, -0.2) is 4.98 Å². The number of hydrogen-bond donors (Lipinski definition) is 3. The smallest absolute Gasteiger partial charge is 0.255 e. The fourth-order valence-corrected chi connectivity index (χ4v) is 2.81. The molecule has 0 bridgehead atoms. The first-order valence-corrected chi connectivity index (χ1v) is 9.45. The zero-order valence-electron chi connectivity index (χ0n) is 17.1. The third-order valence-electron chi connectivity index (χ3n) is 4.54. The first-order chi connectivity index (χ1) is 13.6. The van der Waals surface area contributed by atoms with Crippen LogP contribution < -0.4 is 16.0 Å². The van der Waals surface area contributed by atoms with E-state index in [1.54, 1.807) is 0 Å². The van der Waals surface area contributed by atoms with Crippen molar-refractivity contribution in [3.63, 3.8) is 0 Å². The molecule has 0 unspecified atom stereocenters. The molecule has 7 nitrogen and oxygen atoms in total. The molecule has 0 fully saturated rings. The van der Waals surface area contributed by atoms with Crippen molar-refractivity contribution in [3.05, 3.63) is 59.9 Å². The summed E-state index contributed by atoms with van der Waals surface area (Å²) in [5.41, 5.74) is 8.84. The minimum absolute atomic E-state index is 0. The third kappa shape index (κ3) is 6.45. The number of aromatic amines is 1. The predicted octanol–water partition coefficient (Wildman–Crippen LogP) is 4.26. The number of carbonyl (C=O) groups excluding carboxylic acids is 1. The number of halogens is 2. The lowest BCUT2D eigenvalue weighted by Gasteiger charge is -2.19. The minimum Gasteiger partial charge on any atom is -0.375 e. The highest BCUT2D eigenvalue weighted by atomic mass is 35.5. The van der Waals surface area contributed by atoms with Gasteiger partial charge < -0.3 is 16.0 Å². The molecule has 162 valence electrons. The van der Waals surface area contributed by atoms with Gasteiger partial charge in [0.2, 0.25) is 0 Å². The Morgan fingerprint density at radius 3 is 2.33 bits per heavy atom. The Kier molecular flexibility index (Phi) is 10.3. The number of benzene rings is 2. The predicted molar refractivity (Wildman–Crippen MR) is 127 cm³/mol. The third-order valence-corrected chi connectivity index (χ3v) is 4.54. The highest BCUT2D eigenvalue weighted by molar-refractivity contribution is 6.04. The van der Waals surface area contributed by atoms with Crippen LogP contribution in [0.15, 0.2) is 48.5 Å². The van der Waals surface area contributed by atoms with Crippen LogP contribution in [0.1, 0.15) is 35.9 Å². The van der Waals surface area contributed by atoms with Crippen molar-refractivity contribution in [1.29, 1.82) is 0 Å². The Labute approximate surface area is 189 Å². The van der Waals surface area contributed by atoms with E-state index in [9.17, 15) is 4.79 Å². The van der Waals surface area contributed by atoms with Gasteiger partial charge in [-0.3, -0.25) is 9.89 Å². The van der Waals surface area contributed by atoms with Crippen LogP contribution in [0.5, 0.6) is 0 Å². The molecular formula is C21H28Cl2N6O. The molecule has 3 aromatic rings. The van der Waals surface area contributed by atoms with Gasteiger partial charge in [-0.05, 0) is 55.0 Å². The van der Waals surface area contributed by atoms with Gasteiger partial charge >= 0.3 is 0 Å². The lowest BCUT2D eigenvalue weighted by molar-refractivity contribution is 0.102. The first-order valence-electron chi connectivity index (χ1n) is 9.45. The van der Waals surface area contributed by atoms with Crippen LogP contribution >= 0.6 is 24.8 Å². The van der Waals surface area contributed by atoms with Crippen LogP contribution in [0.3, 0.4) is 0 Å². The average molecular weight is 451 g/mol. The molecule has 0 aliphatic carbocycles. The number of anilines is 2. The van der Waals surface area contributed by atoms with E-state index >= 15 is 0 Å². The normalized spacial score (nSPS) is 9.97. The molecule has 3 rings (SSSR count). The van der Waals surface area contributed by atoms with Gasteiger partial charge in [0.1, 0.15) is 5.82 Å². The van der Waals surface area contributed by atoms with Gasteiger partial charge in [0.15, 0.2) is 5.82 Å². The average Bonchev–Trinajstić information content (AvgIpc) is 3.22. The second kappa shape index (κ2) is 12.2. The van der Waals surface area contributed by atoms with Gasteiger partial charge in [0.25, 0.3) is 5.91 Å². The summed E-state index contributed by atoms with van der Waals surface area (Å²) in [6, 6.07) is 15.1. The lowest BCUT2D eigenvalue weighted by atomic mass is 10.1. The molecule has 0 aliphatic rings. The Bertz CT molecular complexity index is 912. The molecule has 0 aliphatic heterocycles. The van der Waals surface area contributed by atoms with Gasteiger partial charge in [0, 0.05) is 36.1 Å². The molecule has 0 radical (unpaired) electrons. The molecule has 2 aromatic carbocycles. The molecular weight excluding hydrogens is 423 g/mol. The van der Waals surface area contributed by atoms with Gasteiger partial charge in [-0.1, -0.05) is 13.3 Å². The standard InChI is InChI=1S/C21H26N6O.2ClH/c1-3-4-13-27(2)18-11-7-16(8-12-18)21(28)23-17-9-5-15(6-10-17)20-24-19(14-22)25-26-20;;/h5-12H,3-4,13-14,22H2,1-2H3,(H,23,28)(H,24,25,26);2*1H. The van der Waals surface area contributed by atoms with Gasteiger partial charge in [0.05, 0.1) is 6.54 Å². The number of hydrogen-bond acceptors (Lipinski definition) is 5. The van der Waals surface area contributed by atoms with Crippen LogP contribution in [-0.4, -0.2) is 34.7 Å². The number of nitrogens with one attached hydrogen (secondary N) is 2. The van der Waals surface area contributed by atoms with Crippen molar-refractivity contribution in [2.75, 3.05) is 23.8 Å². The summed E-state index contributed by atoms with van der Waals surface area (Å²) in [4.78, 5) is 19.0. The molecule has 0 atom stereocenters. The van der Waals surface area contributed by atoms with Crippen LogP contribution in [0.2, 0.25) is 0 Å². The number of amides is 1. The zero-order valence-corrected chi connectivity index (χ0v) is 18.7. The fraction of sp³-hybridized carbons (Fsp3) is 0.286. The number of rotatable bonds is 8. The molecule has 30 heavy (non-hydrogen) atoms. The monoisotopic (exact) mass is 450 g/mol. The Hall–Kier alpha value is -2.61. The number of nitrogens with two attached hydrogens (primary N) is 1. The van der Waals surface area contributed by atoms with Crippen molar-refractivity contribution >= 4 is 42.1 Å². The van der Waals surface area contributed by atoms with Crippen molar-refractivity contribution in [2.45, 2.75) is 26.3 Å². The molecule has 9 heteroatoms. The first kappa shape index (κ1) is 25.4. The van der Waals surface area contributed by atoms with E-state index in [0.717, 1.165) is 30.6 Å². The Morgan fingerprint density at radius 2 is 1.77 bits per heavy atom. The maximum absolute atomic E-state index is 12.5. The maximum atomic E-state index is 12.5. The molecule has 0 saturated carbocycles. The topological polar surface area (TPSA) is 99.9 Å².